The van der Waals surface area contributed by atoms with E-state index in [0.29, 0.717) is 46.6 Å². The highest BCUT2D eigenvalue weighted by Crippen LogP contribution is 2.42. The van der Waals surface area contributed by atoms with Crippen molar-refractivity contribution in [2.24, 2.45) is 0 Å². The smallest absolute Gasteiger partial charge is 0.169 e. The second-order valence-electron chi connectivity index (χ2n) is 8.49. The van der Waals surface area contributed by atoms with E-state index in [9.17, 15) is 5.11 Å². The zero-order valence-corrected chi connectivity index (χ0v) is 20.8. The van der Waals surface area contributed by atoms with Gasteiger partial charge in [-0.3, -0.25) is 4.90 Å². The van der Waals surface area contributed by atoms with Crippen LogP contribution in [0, 0.1) is 0 Å². The molecular formula is C27H32N2O6. The van der Waals surface area contributed by atoms with Crippen LogP contribution < -0.4 is 29.4 Å². The molecule has 1 aliphatic heterocycles. The van der Waals surface area contributed by atoms with Crippen molar-refractivity contribution in [3.05, 3.63) is 59.2 Å². The normalized spacial score (nSPS) is 15.3. The van der Waals surface area contributed by atoms with Crippen molar-refractivity contribution in [1.29, 1.82) is 0 Å². The van der Waals surface area contributed by atoms with Crippen LogP contribution in [0.5, 0.6) is 40.2 Å². The largest absolute Gasteiger partial charge is 0.504 e. The maximum absolute atomic E-state index is 10.4. The molecule has 0 saturated carbocycles. The van der Waals surface area contributed by atoms with E-state index >= 15 is 0 Å². The fourth-order valence-electron chi connectivity index (χ4n) is 4.52. The minimum absolute atomic E-state index is 0.0279. The van der Waals surface area contributed by atoms with E-state index in [1.54, 1.807) is 58.8 Å². The van der Waals surface area contributed by atoms with Gasteiger partial charge >= 0.3 is 0 Å². The standard InChI is InChI=1S/C27H32N2O6/c1-29-9-8-16-11-24(32-3)22(30)14-19(16)21(29)10-17-12-27(26(34-5)15-20(17)28)35-18-6-7-23(31-2)25(13-18)33-4/h6-7,11-15,21,30H,8-10,28H2,1-5H3. The fraction of sp³-hybridized carbons (Fsp3) is 0.333. The van der Waals surface area contributed by atoms with Crippen molar-refractivity contribution >= 4 is 5.69 Å². The number of ether oxygens (including phenoxy) is 5. The van der Waals surface area contributed by atoms with Gasteiger partial charge in [0.05, 0.1) is 28.4 Å². The third kappa shape index (κ3) is 4.88. The lowest BCUT2D eigenvalue weighted by atomic mass is 9.88. The summed E-state index contributed by atoms with van der Waals surface area (Å²) in [5.41, 5.74) is 10.2. The molecule has 1 atom stereocenters. The topological polar surface area (TPSA) is 95.6 Å². The van der Waals surface area contributed by atoms with Crippen LogP contribution in [0.3, 0.4) is 0 Å². The van der Waals surface area contributed by atoms with Crippen molar-refractivity contribution in [1.82, 2.24) is 4.90 Å². The minimum Gasteiger partial charge on any atom is -0.504 e. The lowest BCUT2D eigenvalue weighted by Crippen LogP contribution is -2.33. The number of benzene rings is 3. The number of phenolic OH excluding ortho intramolecular Hbond substituents is 1. The molecule has 3 aromatic carbocycles. The van der Waals surface area contributed by atoms with Gasteiger partial charge in [-0.05, 0) is 66.9 Å². The summed E-state index contributed by atoms with van der Waals surface area (Å²) in [7, 11) is 8.39. The number of fused-ring (bicyclic) bond motifs is 1. The Bertz CT molecular complexity index is 1210. The maximum atomic E-state index is 10.4. The molecule has 1 unspecified atom stereocenters. The molecule has 0 radical (unpaired) electrons. The van der Waals surface area contributed by atoms with Crippen LogP contribution >= 0.6 is 0 Å². The van der Waals surface area contributed by atoms with Gasteiger partial charge in [0.15, 0.2) is 34.5 Å². The second-order valence-corrected chi connectivity index (χ2v) is 8.49. The molecule has 8 heteroatoms. The number of methoxy groups -OCH3 is 4. The van der Waals surface area contributed by atoms with Crippen LogP contribution in [0.4, 0.5) is 5.69 Å². The Hall–Kier alpha value is -3.78. The second kappa shape index (κ2) is 10.2. The Balaban J connectivity index is 1.68. The zero-order valence-electron chi connectivity index (χ0n) is 20.8. The van der Waals surface area contributed by atoms with E-state index in [0.717, 1.165) is 29.7 Å². The maximum Gasteiger partial charge on any atom is 0.169 e. The summed E-state index contributed by atoms with van der Waals surface area (Å²) in [6, 6.07) is 12.8. The number of anilines is 1. The van der Waals surface area contributed by atoms with Crippen molar-refractivity contribution in [3.8, 4) is 40.2 Å². The number of phenols is 1. The monoisotopic (exact) mass is 480 g/mol. The van der Waals surface area contributed by atoms with Gasteiger partial charge in [-0.1, -0.05) is 0 Å². The summed E-state index contributed by atoms with van der Waals surface area (Å²) in [5.74, 6) is 3.45. The van der Waals surface area contributed by atoms with Gasteiger partial charge in [-0.25, -0.2) is 0 Å². The van der Waals surface area contributed by atoms with E-state index in [2.05, 4.69) is 11.9 Å². The van der Waals surface area contributed by atoms with E-state index in [1.165, 1.54) is 0 Å². The molecule has 0 aliphatic carbocycles. The molecule has 0 bridgehead atoms. The summed E-state index contributed by atoms with van der Waals surface area (Å²) < 4.78 is 27.8. The fourth-order valence-corrected chi connectivity index (χ4v) is 4.52. The van der Waals surface area contributed by atoms with Gasteiger partial charge in [-0.15, -0.1) is 0 Å². The first-order valence-corrected chi connectivity index (χ1v) is 11.3. The zero-order chi connectivity index (χ0) is 25.1. The molecule has 0 amide bonds. The van der Waals surface area contributed by atoms with Crippen LogP contribution in [0.2, 0.25) is 0 Å². The highest BCUT2D eigenvalue weighted by molar-refractivity contribution is 5.60. The van der Waals surface area contributed by atoms with Gasteiger partial charge in [0, 0.05) is 30.4 Å². The number of hydrogen-bond donors (Lipinski definition) is 2. The predicted molar refractivity (Wildman–Crippen MR) is 134 cm³/mol. The molecule has 3 aromatic rings. The van der Waals surface area contributed by atoms with Crippen molar-refractivity contribution in [3.63, 3.8) is 0 Å². The van der Waals surface area contributed by atoms with E-state index in [4.69, 9.17) is 29.4 Å². The van der Waals surface area contributed by atoms with Gasteiger partial charge in [0.1, 0.15) is 5.75 Å². The van der Waals surface area contributed by atoms with Crippen LogP contribution in [0.15, 0.2) is 42.5 Å². The lowest BCUT2D eigenvalue weighted by molar-refractivity contribution is 0.228. The number of nitrogens with zero attached hydrogens (tertiary/aromatic N) is 1. The molecule has 1 heterocycles. The van der Waals surface area contributed by atoms with Gasteiger partial charge in [-0.2, -0.15) is 0 Å². The molecule has 3 N–H and O–H groups in total. The third-order valence-electron chi connectivity index (χ3n) is 6.49. The van der Waals surface area contributed by atoms with Crippen LogP contribution in [-0.2, 0) is 12.8 Å². The van der Waals surface area contributed by atoms with Crippen molar-refractivity contribution < 1.29 is 28.8 Å². The Morgan fingerprint density at radius 1 is 0.857 bits per heavy atom. The Morgan fingerprint density at radius 3 is 2.23 bits per heavy atom. The van der Waals surface area contributed by atoms with Gasteiger partial charge in [0.25, 0.3) is 0 Å². The molecule has 0 saturated heterocycles. The third-order valence-corrected chi connectivity index (χ3v) is 6.49. The van der Waals surface area contributed by atoms with Crippen molar-refractivity contribution in [2.75, 3.05) is 47.8 Å². The van der Waals surface area contributed by atoms with Crippen LogP contribution in [0.1, 0.15) is 22.7 Å². The Labute approximate surface area is 205 Å². The number of likely N-dealkylation sites (N-methyl/N-ethyl adjacent to an activating group) is 1. The first-order chi connectivity index (χ1) is 16.9. The van der Waals surface area contributed by atoms with Gasteiger partial charge in [0.2, 0.25) is 0 Å². The quantitative estimate of drug-likeness (QED) is 0.453. The average Bonchev–Trinajstić information content (AvgIpc) is 2.86. The molecule has 1 aliphatic rings. The number of aromatic hydroxyl groups is 1. The van der Waals surface area contributed by atoms with Crippen LogP contribution in [-0.4, -0.2) is 52.0 Å². The molecule has 186 valence electrons. The highest BCUT2D eigenvalue weighted by atomic mass is 16.5. The SMILES string of the molecule is COc1cc2c(cc1O)C(Cc1cc(Oc3ccc(OC)c(OC)c3)c(OC)cc1N)N(C)CC2. The summed E-state index contributed by atoms with van der Waals surface area (Å²) >= 11 is 0. The van der Waals surface area contributed by atoms with E-state index in [1.807, 2.05) is 12.1 Å². The summed E-state index contributed by atoms with van der Waals surface area (Å²) in [4.78, 5) is 2.27. The molecular weight excluding hydrogens is 448 g/mol. The summed E-state index contributed by atoms with van der Waals surface area (Å²) in [6.07, 6.45) is 1.51. The number of rotatable bonds is 8. The summed E-state index contributed by atoms with van der Waals surface area (Å²) in [5, 5.41) is 10.4. The van der Waals surface area contributed by atoms with Crippen molar-refractivity contribution in [2.45, 2.75) is 18.9 Å². The first-order valence-electron chi connectivity index (χ1n) is 11.3. The number of nitrogens with two attached hydrogens (primary N) is 1. The van der Waals surface area contributed by atoms with E-state index in [-0.39, 0.29) is 11.8 Å². The molecule has 0 fully saturated rings. The molecule has 4 rings (SSSR count). The van der Waals surface area contributed by atoms with E-state index < -0.39 is 0 Å². The Morgan fingerprint density at radius 2 is 1.54 bits per heavy atom. The minimum atomic E-state index is 0.0279. The summed E-state index contributed by atoms with van der Waals surface area (Å²) in [6.45, 7) is 0.886. The predicted octanol–water partition coefficient (Wildman–Crippen LogP) is 4.57. The first kappa shape index (κ1) is 24.3. The van der Waals surface area contributed by atoms with Crippen LogP contribution in [0.25, 0.3) is 0 Å². The molecule has 0 aromatic heterocycles. The van der Waals surface area contributed by atoms with Gasteiger partial charge < -0.3 is 34.5 Å². The molecule has 8 nitrogen and oxygen atoms in total. The number of nitrogen functional groups attached to an aromatic ring is 1. The molecule has 0 spiro atoms. The Kier molecular flexibility index (Phi) is 7.12. The average molecular weight is 481 g/mol. The lowest BCUT2D eigenvalue weighted by Gasteiger charge is -2.35. The highest BCUT2D eigenvalue weighted by Gasteiger charge is 2.28. The number of hydrogen-bond acceptors (Lipinski definition) is 8. The molecule has 35 heavy (non-hydrogen) atoms.